The number of aryl methyl sites for hydroxylation is 1. The number of nitrogens with zero attached hydrogens (tertiary/aromatic N) is 3. The van der Waals surface area contributed by atoms with Gasteiger partial charge in [-0.05, 0) is 25.5 Å². The third-order valence-electron chi connectivity index (χ3n) is 4.74. The highest BCUT2D eigenvalue weighted by Crippen LogP contribution is 2.27. The van der Waals surface area contributed by atoms with E-state index in [1.807, 2.05) is 31.2 Å². The van der Waals surface area contributed by atoms with Crippen molar-refractivity contribution in [2.24, 2.45) is 0 Å². The van der Waals surface area contributed by atoms with Gasteiger partial charge in [0.1, 0.15) is 22.9 Å². The molecule has 0 saturated carbocycles. The van der Waals surface area contributed by atoms with Crippen molar-refractivity contribution in [1.82, 2.24) is 19.5 Å². The van der Waals surface area contributed by atoms with Crippen LogP contribution in [-0.2, 0) is 5.60 Å². The molecule has 1 atom stereocenters. The molecule has 0 aliphatic rings. The molecular weight excluding hydrogens is 402 g/mol. The zero-order valence-electron chi connectivity index (χ0n) is 16.3. The first-order valence-electron chi connectivity index (χ1n) is 9.12. The second-order valence-electron chi connectivity index (χ2n) is 7.01. The molecule has 3 heterocycles. The molecule has 0 aliphatic heterocycles. The van der Waals surface area contributed by atoms with Crippen molar-refractivity contribution >= 4 is 22.9 Å². The van der Waals surface area contributed by atoms with Crippen LogP contribution >= 0.6 is 11.3 Å². The first-order chi connectivity index (χ1) is 14.3. The molecule has 0 radical (unpaired) electrons. The van der Waals surface area contributed by atoms with Crippen LogP contribution in [0.25, 0.3) is 5.82 Å². The molecule has 152 valence electrons. The lowest BCUT2D eigenvalue weighted by molar-refractivity contribution is 0.0931. The number of hydrogen-bond acceptors (Lipinski definition) is 6. The summed E-state index contributed by atoms with van der Waals surface area (Å²) < 4.78 is 1.35. The van der Waals surface area contributed by atoms with E-state index in [4.69, 9.17) is 0 Å². The lowest BCUT2D eigenvalue weighted by Crippen LogP contribution is -2.25. The Labute approximate surface area is 175 Å². The molecule has 4 aromatic rings. The van der Waals surface area contributed by atoms with E-state index >= 15 is 0 Å². The van der Waals surface area contributed by atoms with Crippen LogP contribution in [0, 0.1) is 6.92 Å². The third kappa shape index (κ3) is 3.80. The topological polar surface area (TPSA) is 113 Å². The number of carbonyl (C=O) groups is 1. The van der Waals surface area contributed by atoms with Crippen LogP contribution in [0.3, 0.4) is 0 Å². The highest BCUT2D eigenvalue weighted by atomic mass is 32.1. The molecule has 0 spiro atoms. The molecular formula is C21H19N5O3S. The summed E-state index contributed by atoms with van der Waals surface area (Å²) in [5.41, 5.74) is 2.27. The van der Waals surface area contributed by atoms with E-state index in [1.54, 1.807) is 23.9 Å². The van der Waals surface area contributed by atoms with E-state index in [1.165, 1.54) is 34.4 Å². The number of nitrogens with one attached hydrogen (secondary N) is 2. The third-order valence-corrected chi connectivity index (χ3v) is 5.33. The number of aliphatic hydroxyl groups is 1. The van der Waals surface area contributed by atoms with Crippen molar-refractivity contribution in [1.29, 1.82) is 0 Å². The maximum atomic E-state index is 12.6. The molecule has 0 bridgehead atoms. The van der Waals surface area contributed by atoms with Crippen LogP contribution in [0.2, 0.25) is 0 Å². The first-order valence-corrected chi connectivity index (χ1v) is 10.1. The zero-order chi connectivity index (χ0) is 21.3. The quantitative estimate of drug-likeness (QED) is 0.459. The molecule has 8 nitrogen and oxygen atoms in total. The number of thiazole rings is 1. The van der Waals surface area contributed by atoms with Gasteiger partial charge in [-0.15, -0.1) is 11.3 Å². The van der Waals surface area contributed by atoms with E-state index in [0.29, 0.717) is 28.6 Å². The number of anilines is 1. The van der Waals surface area contributed by atoms with Crippen molar-refractivity contribution in [2.75, 3.05) is 5.32 Å². The summed E-state index contributed by atoms with van der Waals surface area (Å²) in [6, 6.07) is 10.4. The number of carbonyl (C=O) groups excluding carboxylic acids is 1. The number of amides is 1. The molecule has 4 rings (SSSR count). The maximum Gasteiger partial charge on any atom is 0.275 e. The van der Waals surface area contributed by atoms with Gasteiger partial charge >= 0.3 is 0 Å². The molecule has 1 amide bonds. The standard InChI is InChI=1S/C21H19N5O3S/c1-13-3-5-14(6-4-13)21(2,29)20-22-10-17(25-20)26-8-7-15(9-18(26)27)24-19(28)16-11-30-12-23-16/h3-12,29H,1-2H3,(H,22,25)(H,24,28). The van der Waals surface area contributed by atoms with E-state index in [-0.39, 0.29) is 11.5 Å². The minimum Gasteiger partial charge on any atom is -0.377 e. The smallest absolute Gasteiger partial charge is 0.275 e. The van der Waals surface area contributed by atoms with Crippen LogP contribution in [0.5, 0.6) is 0 Å². The molecule has 3 aromatic heterocycles. The Balaban J connectivity index is 1.58. The normalized spacial score (nSPS) is 13.0. The summed E-state index contributed by atoms with van der Waals surface area (Å²) in [5.74, 6) is 0.334. The molecule has 1 unspecified atom stereocenters. The number of hydrogen-bond donors (Lipinski definition) is 3. The molecule has 30 heavy (non-hydrogen) atoms. The van der Waals surface area contributed by atoms with Gasteiger partial charge in [-0.25, -0.2) is 9.97 Å². The second kappa shape index (κ2) is 7.69. The fourth-order valence-electron chi connectivity index (χ4n) is 2.97. The maximum absolute atomic E-state index is 12.6. The summed E-state index contributed by atoms with van der Waals surface area (Å²) in [5, 5.41) is 15.3. The van der Waals surface area contributed by atoms with Crippen molar-refractivity contribution < 1.29 is 9.90 Å². The Bertz CT molecular complexity index is 1240. The van der Waals surface area contributed by atoms with E-state index < -0.39 is 5.60 Å². The van der Waals surface area contributed by atoms with E-state index in [9.17, 15) is 14.7 Å². The molecule has 0 fully saturated rings. The van der Waals surface area contributed by atoms with Crippen molar-refractivity contribution in [3.63, 3.8) is 0 Å². The monoisotopic (exact) mass is 421 g/mol. The van der Waals surface area contributed by atoms with Crippen molar-refractivity contribution in [3.05, 3.63) is 92.7 Å². The van der Waals surface area contributed by atoms with Gasteiger partial charge in [-0.3, -0.25) is 14.2 Å². The van der Waals surface area contributed by atoms with Crippen molar-refractivity contribution in [3.8, 4) is 5.82 Å². The summed E-state index contributed by atoms with van der Waals surface area (Å²) in [7, 11) is 0. The van der Waals surface area contributed by atoms with Gasteiger partial charge in [0.05, 0.1) is 11.7 Å². The summed E-state index contributed by atoms with van der Waals surface area (Å²) in [6.45, 7) is 3.61. The van der Waals surface area contributed by atoms with Gasteiger partial charge in [0.25, 0.3) is 11.5 Å². The van der Waals surface area contributed by atoms with E-state index in [2.05, 4.69) is 20.3 Å². The number of benzene rings is 1. The fourth-order valence-corrected chi connectivity index (χ4v) is 3.50. The second-order valence-corrected chi connectivity index (χ2v) is 7.73. The largest absolute Gasteiger partial charge is 0.377 e. The van der Waals surface area contributed by atoms with Crippen LogP contribution in [0.1, 0.15) is 34.4 Å². The Morgan fingerprint density at radius 2 is 2.00 bits per heavy atom. The van der Waals surface area contributed by atoms with Crippen molar-refractivity contribution in [2.45, 2.75) is 19.4 Å². The Morgan fingerprint density at radius 1 is 1.23 bits per heavy atom. The Kier molecular flexibility index (Phi) is 5.06. The molecule has 3 N–H and O–H groups in total. The summed E-state index contributed by atoms with van der Waals surface area (Å²) in [4.78, 5) is 35.9. The van der Waals surface area contributed by atoms with E-state index in [0.717, 1.165) is 5.56 Å². The number of imidazole rings is 1. The molecule has 1 aromatic carbocycles. The number of H-pyrrole nitrogens is 1. The SMILES string of the molecule is Cc1ccc(C(C)(O)c2ncc(-n3ccc(NC(=O)c4cscn4)cc3=O)[nH]2)cc1. The average Bonchev–Trinajstić information content (AvgIpc) is 3.41. The Hall–Kier alpha value is -3.56. The summed E-state index contributed by atoms with van der Waals surface area (Å²) in [6.07, 6.45) is 3.00. The van der Waals surface area contributed by atoms with Crippen LogP contribution in [-0.4, -0.2) is 30.5 Å². The lowest BCUT2D eigenvalue weighted by Gasteiger charge is -2.21. The van der Waals surface area contributed by atoms with Gasteiger partial charge < -0.3 is 15.4 Å². The number of aromatic nitrogens is 4. The van der Waals surface area contributed by atoms with Gasteiger partial charge in [-0.1, -0.05) is 29.8 Å². The predicted molar refractivity (Wildman–Crippen MR) is 114 cm³/mol. The van der Waals surface area contributed by atoms with Gasteiger partial charge in [0.15, 0.2) is 0 Å². The van der Waals surface area contributed by atoms with Gasteiger partial charge in [-0.2, -0.15) is 0 Å². The minimum absolute atomic E-state index is 0.292. The molecule has 0 aliphatic carbocycles. The number of rotatable bonds is 5. The average molecular weight is 421 g/mol. The lowest BCUT2D eigenvalue weighted by atomic mass is 9.94. The summed E-state index contributed by atoms with van der Waals surface area (Å²) >= 11 is 1.32. The van der Waals surface area contributed by atoms with Crippen LogP contribution in [0.4, 0.5) is 5.69 Å². The zero-order valence-corrected chi connectivity index (χ0v) is 17.1. The molecule has 9 heteroatoms. The van der Waals surface area contributed by atoms with Gasteiger partial charge in [0.2, 0.25) is 0 Å². The highest BCUT2D eigenvalue weighted by molar-refractivity contribution is 7.07. The Morgan fingerprint density at radius 3 is 2.67 bits per heavy atom. The first kappa shape index (κ1) is 19.7. The van der Waals surface area contributed by atoms with Crippen LogP contribution < -0.4 is 10.9 Å². The predicted octanol–water partition coefficient (Wildman–Crippen LogP) is 2.83. The van der Waals surface area contributed by atoms with Gasteiger partial charge in [0, 0.05) is 23.3 Å². The highest BCUT2D eigenvalue weighted by Gasteiger charge is 2.29. The fraction of sp³-hybridized carbons (Fsp3) is 0.143. The van der Waals surface area contributed by atoms with Crippen LogP contribution in [0.15, 0.2) is 64.5 Å². The molecule has 0 saturated heterocycles. The minimum atomic E-state index is -1.35. The number of aromatic amines is 1. The number of pyridine rings is 1.